The van der Waals surface area contributed by atoms with Crippen molar-refractivity contribution < 1.29 is 0 Å². The Labute approximate surface area is 84.2 Å². The van der Waals surface area contributed by atoms with E-state index in [1.165, 1.54) is 0 Å². The van der Waals surface area contributed by atoms with E-state index >= 15 is 0 Å². The quantitative estimate of drug-likeness (QED) is 0.806. The van der Waals surface area contributed by atoms with Crippen molar-refractivity contribution in [3.05, 3.63) is 16.6 Å². The molecule has 0 aliphatic heterocycles. The van der Waals surface area contributed by atoms with Crippen LogP contribution in [-0.2, 0) is 6.42 Å². The summed E-state index contributed by atoms with van der Waals surface area (Å²) in [5.41, 5.74) is 6.08. The highest BCUT2D eigenvalue weighted by atomic mass is 32.1. The molecule has 74 valence electrons. The number of hydrogen-bond acceptors (Lipinski definition) is 3. The van der Waals surface area contributed by atoms with E-state index < -0.39 is 0 Å². The van der Waals surface area contributed by atoms with Crippen LogP contribution in [0.5, 0.6) is 0 Å². The van der Waals surface area contributed by atoms with Gasteiger partial charge in [-0.25, -0.2) is 4.98 Å². The largest absolute Gasteiger partial charge is 0.327 e. The Morgan fingerprint density at radius 1 is 1.46 bits per heavy atom. The van der Waals surface area contributed by atoms with Gasteiger partial charge in [0.1, 0.15) is 0 Å². The molecule has 0 aliphatic rings. The smallest absolute Gasteiger partial charge is 0.0940 e. The van der Waals surface area contributed by atoms with Gasteiger partial charge in [-0.1, -0.05) is 20.8 Å². The van der Waals surface area contributed by atoms with E-state index in [1.807, 2.05) is 11.6 Å². The van der Waals surface area contributed by atoms with Crippen LogP contribution in [0.3, 0.4) is 0 Å². The van der Waals surface area contributed by atoms with Gasteiger partial charge in [-0.15, -0.1) is 11.3 Å². The summed E-state index contributed by atoms with van der Waals surface area (Å²) >= 11 is 1.69. The molecule has 1 heterocycles. The highest BCUT2D eigenvalue weighted by Crippen LogP contribution is 2.17. The summed E-state index contributed by atoms with van der Waals surface area (Å²) < 4.78 is 0. The van der Waals surface area contributed by atoms with E-state index in [0.717, 1.165) is 11.4 Å². The molecule has 0 fully saturated rings. The summed E-state index contributed by atoms with van der Waals surface area (Å²) in [6.07, 6.45) is 2.75. The number of hydrogen-bond donors (Lipinski definition) is 1. The van der Waals surface area contributed by atoms with Gasteiger partial charge < -0.3 is 5.73 Å². The topological polar surface area (TPSA) is 38.9 Å². The van der Waals surface area contributed by atoms with Crippen LogP contribution in [-0.4, -0.2) is 11.0 Å². The second kappa shape index (κ2) is 4.72. The lowest BCUT2D eigenvalue weighted by molar-refractivity contribution is 0.344. The second-order valence-electron chi connectivity index (χ2n) is 3.90. The summed E-state index contributed by atoms with van der Waals surface area (Å²) in [4.78, 5) is 4.24. The first-order valence-corrected chi connectivity index (χ1v) is 5.63. The molecular formula is C10H18N2S. The summed E-state index contributed by atoms with van der Waals surface area (Å²) in [5, 5.41) is 3.15. The molecule has 0 bridgehead atoms. The molecule has 0 spiro atoms. The maximum absolute atomic E-state index is 6.08. The molecule has 0 saturated heterocycles. The number of aromatic nitrogens is 1. The van der Waals surface area contributed by atoms with Crippen LogP contribution in [0.1, 0.15) is 25.8 Å². The van der Waals surface area contributed by atoms with Gasteiger partial charge in [-0.3, -0.25) is 0 Å². The number of rotatable bonds is 4. The Morgan fingerprint density at radius 3 is 2.62 bits per heavy atom. The summed E-state index contributed by atoms with van der Waals surface area (Å²) in [7, 11) is 0. The van der Waals surface area contributed by atoms with Crippen LogP contribution in [0.15, 0.2) is 11.6 Å². The first-order chi connectivity index (χ1) is 6.11. The van der Waals surface area contributed by atoms with Gasteiger partial charge in [0.2, 0.25) is 0 Å². The normalized spacial score (nSPS) is 16.1. The minimum atomic E-state index is 0.242. The van der Waals surface area contributed by atoms with Gasteiger partial charge in [0.25, 0.3) is 0 Å². The van der Waals surface area contributed by atoms with Gasteiger partial charge in [0, 0.05) is 24.0 Å². The Kier molecular flexibility index (Phi) is 3.88. The van der Waals surface area contributed by atoms with E-state index in [2.05, 4.69) is 25.8 Å². The average molecular weight is 198 g/mol. The van der Waals surface area contributed by atoms with E-state index in [9.17, 15) is 0 Å². The lowest BCUT2D eigenvalue weighted by Crippen LogP contribution is -2.33. The van der Waals surface area contributed by atoms with Crippen molar-refractivity contribution in [2.45, 2.75) is 33.2 Å². The van der Waals surface area contributed by atoms with Crippen molar-refractivity contribution in [3.8, 4) is 0 Å². The van der Waals surface area contributed by atoms with Crippen LogP contribution in [0.4, 0.5) is 0 Å². The summed E-state index contributed by atoms with van der Waals surface area (Å²) in [6, 6.07) is 0.242. The third kappa shape index (κ3) is 3.08. The summed E-state index contributed by atoms with van der Waals surface area (Å²) in [5.74, 6) is 1.21. The van der Waals surface area contributed by atoms with Gasteiger partial charge in [-0.2, -0.15) is 0 Å². The first kappa shape index (κ1) is 10.7. The van der Waals surface area contributed by atoms with Crippen molar-refractivity contribution in [2.75, 3.05) is 0 Å². The molecular weight excluding hydrogens is 180 g/mol. The Hall–Kier alpha value is -0.410. The standard InChI is InChI=1S/C10H18N2S/c1-7(2)8(3)9(11)6-10-12-4-5-13-10/h4-5,7-9H,6,11H2,1-3H3. The van der Waals surface area contributed by atoms with Gasteiger partial charge >= 0.3 is 0 Å². The van der Waals surface area contributed by atoms with Gasteiger partial charge in [0.15, 0.2) is 0 Å². The predicted octanol–water partition coefficient (Wildman–Crippen LogP) is 2.31. The molecule has 0 saturated carbocycles. The average Bonchev–Trinajstić information content (AvgIpc) is 2.55. The predicted molar refractivity (Wildman–Crippen MR) is 57.8 cm³/mol. The fourth-order valence-electron chi connectivity index (χ4n) is 1.24. The minimum absolute atomic E-state index is 0.242. The molecule has 1 aromatic heterocycles. The van der Waals surface area contributed by atoms with Crippen LogP contribution in [0.2, 0.25) is 0 Å². The molecule has 2 N–H and O–H groups in total. The second-order valence-corrected chi connectivity index (χ2v) is 4.88. The van der Waals surface area contributed by atoms with E-state index in [-0.39, 0.29) is 6.04 Å². The zero-order chi connectivity index (χ0) is 9.84. The minimum Gasteiger partial charge on any atom is -0.327 e. The molecule has 0 aromatic carbocycles. The lowest BCUT2D eigenvalue weighted by Gasteiger charge is -2.22. The Balaban J connectivity index is 2.45. The molecule has 3 heteroatoms. The maximum atomic E-state index is 6.08. The van der Waals surface area contributed by atoms with Crippen molar-refractivity contribution in [1.82, 2.24) is 4.98 Å². The molecule has 2 nitrogen and oxygen atoms in total. The SMILES string of the molecule is CC(C)C(C)C(N)Cc1nccs1. The van der Waals surface area contributed by atoms with Crippen LogP contribution in [0, 0.1) is 11.8 Å². The van der Waals surface area contributed by atoms with E-state index in [1.54, 1.807) is 11.3 Å². The highest BCUT2D eigenvalue weighted by Gasteiger charge is 2.17. The number of nitrogens with zero attached hydrogens (tertiary/aromatic N) is 1. The number of nitrogens with two attached hydrogens (primary N) is 1. The van der Waals surface area contributed by atoms with Crippen LogP contribution in [0.25, 0.3) is 0 Å². The molecule has 0 amide bonds. The lowest BCUT2D eigenvalue weighted by atomic mass is 9.89. The molecule has 0 aliphatic carbocycles. The van der Waals surface area contributed by atoms with Gasteiger partial charge in [0.05, 0.1) is 5.01 Å². The van der Waals surface area contributed by atoms with Crippen molar-refractivity contribution in [2.24, 2.45) is 17.6 Å². The highest BCUT2D eigenvalue weighted by molar-refractivity contribution is 7.09. The molecule has 1 aromatic rings. The molecule has 2 unspecified atom stereocenters. The molecule has 2 atom stereocenters. The third-order valence-electron chi connectivity index (χ3n) is 2.62. The van der Waals surface area contributed by atoms with Crippen LogP contribution < -0.4 is 5.73 Å². The van der Waals surface area contributed by atoms with E-state index in [0.29, 0.717) is 11.8 Å². The Morgan fingerprint density at radius 2 is 2.15 bits per heavy atom. The van der Waals surface area contributed by atoms with Crippen LogP contribution >= 0.6 is 11.3 Å². The molecule has 13 heavy (non-hydrogen) atoms. The zero-order valence-electron chi connectivity index (χ0n) is 8.53. The molecule has 0 radical (unpaired) electrons. The van der Waals surface area contributed by atoms with Crippen molar-refractivity contribution in [3.63, 3.8) is 0 Å². The first-order valence-electron chi connectivity index (χ1n) is 4.75. The fourth-order valence-corrected chi connectivity index (χ4v) is 1.92. The monoisotopic (exact) mass is 198 g/mol. The fraction of sp³-hybridized carbons (Fsp3) is 0.700. The summed E-state index contributed by atoms with van der Waals surface area (Å²) in [6.45, 7) is 6.64. The maximum Gasteiger partial charge on any atom is 0.0940 e. The molecule has 1 rings (SSSR count). The number of thiazole rings is 1. The van der Waals surface area contributed by atoms with Crippen molar-refractivity contribution in [1.29, 1.82) is 0 Å². The zero-order valence-corrected chi connectivity index (χ0v) is 9.34. The third-order valence-corrected chi connectivity index (χ3v) is 3.42. The van der Waals surface area contributed by atoms with Crippen molar-refractivity contribution >= 4 is 11.3 Å². The Bertz CT molecular complexity index is 231. The van der Waals surface area contributed by atoms with Gasteiger partial charge in [-0.05, 0) is 11.8 Å². The van der Waals surface area contributed by atoms with E-state index in [4.69, 9.17) is 5.73 Å².